The smallest absolute Gasteiger partial charge is 0.343 e. The third kappa shape index (κ3) is 4.36. The van der Waals surface area contributed by atoms with Crippen LogP contribution in [0.1, 0.15) is 4.88 Å². The van der Waals surface area contributed by atoms with Gasteiger partial charge in [-0.1, -0.05) is 48.5 Å². The summed E-state index contributed by atoms with van der Waals surface area (Å²) in [4.78, 5) is 12.5. The highest BCUT2D eigenvalue weighted by atomic mass is 32.2. The molecule has 36 heavy (non-hydrogen) atoms. The molecule has 0 aliphatic heterocycles. The number of rotatable bonds is 7. The Labute approximate surface area is 215 Å². The first-order valence-corrected chi connectivity index (χ1v) is 13.0. The van der Waals surface area contributed by atoms with Crippen molar-refractivity contribution < 1.29 is 18.8 Å². The molecule has 3 aromatic carbocycles. The van der Waals surface area contributed by atoms with E-state index in [0.717, 1.165) is 33.3 Å². The number of nitrogens with zero attached hydrogens (tertiary/aromatic N) is 2. The van der Waals surface area contributed by atoms with Crippen LogP contribution in [0, 0.1) is 11.3 Å². The summed E-state index contributed by atoms with van der Waals surface area (Å²) in [7, 11) is 1.30. The number of hydrogen-bond donors (Lipinski definition) is 0. The first-order valence-electron chi connectivity index (χ1n) is 11.0. The van der Waals surface area contributed by atoms with Crippen molar-refractivity contribution >= 4 is 39.6 Å². The Morgan fingerprint density at radius 3 is 2.47 bits per heavy atom. The lowest BCUT2D eigenvalue weighted by atomic mass is 9.99. The average Bonchev–Trinajstić information content (AvgIpc) is 3.54. The van der Waals surface area contributed by atoms with E-state index in [0.29, 0.717) is 15.5 Å². The van der Waals surface area contributed by atoms with E-state index in [1.807, 2.05) is 70.0 Å². The topological polar surface area (TPSA) is 87.3 Å². The summed E-state index contributed by atoms with van der Waals surface area (Å²) in [6, 6.07) is 28.6. The molecule has 0 amide bonds. The number of hydrogen-bond acceptors (Lipinski definition) is 6. The fourth-order valence-corrected chi connectivity index (χ4v) is 6.04. The number of carbonyl (C=O) groups is 1. The summed E-state index contributed by atoms with van der Waals surface area (Å²) in [5.74, 6) is -0.00825. The van der Waals surface area contributed by atoms with Gasteiger partial charge in [-0.3, -0.25) is 0 Å². The molecule has 6 nitrogen and oxygen atoms in total. The van der Waals surface area contributed by atoms with Crippen LogP contribution in [-0.4, -0.2) is 28.2 Å². The van der Waals surface area contributed by atoms with Gasteiger partial charge in [-0.15, -0.1) is 11.3 Å². The van der Waals surface area contributed by atoms with Crippen molar-refractivity contribution in [3.63, 3.8) is 0 Å². The summed E-state index contributed by atoms with van der Waals surface area (Å²) >= 11 is -0.228. The van der Waals surface area contributed by atoms with Crippen molar-refractivity contribution in [2.24, 2.45) is 0 Å². The Morgan fingerprint density at radius 2 is 1.75 bits per heavy atom. The lowest BCUT2D eigenvalue weighted by Gasteiger charge is -2.16. The Balaban J connectivity index is 1.68. The van der Waals surface area contributed by atoms with Gasteiger partial charge in [0.05, 0.1) is 12.6 Å². The van der Waals surface area contributed by atoms with Crippen LogP contribution in [-0.2, 0) is 20.9 Å². The van der Waals surface area contributed by atoms with E-state index < -0.39 is 17.3 Å². The molecule has 0 radical (unpaired) electrons. The number of methoxy groups -OCH3 is 1. The van der Waals surface area contributed by atoms with Gasteiger partial charge >= 0.3 is 5.97 Å². The zero-order valence-corrected chi connectivity index (χ0v) is 20.8. The van der Waals surface area contributed by atoms with E-state index in [4.69, 9.17) is 4.74 Å². The minimum Gasteiger partial charge on any atom is -0.587 e. The number of benzene rings is 3. The molecule has 0 aliphatic carbocycles. The van der Waals surface area contributed by atoms with Gasteiger partial charge in [0, 0.05) is 22.1 Å². The fraction of sp³-hybridized carbons (Fsp3) is 0.0714. The highest BCUT2D eigenvalue weighted by Gasteiger charge is 2.29. The molecular formula is C28H20N2O4S2. The largest absolute Gasteiger partial charge is 0.587 e. The molecule has 0 N–H and O–H groups in total. The molecule has 0 saturated carbocycles. The molecule has 0 spiro atoms. The van der Waals surface area contributed by atoms with Crippen LogP contribution in [0.15, 0.2) is 95.2 Å². The maximum atomic E-state index is 14.1. The zero-order chi connectivity index (χ0) is 25.1. The van der Waals surface area contributed by atoms with Gasteiger partial charge < -0.3 is 14.0 Å². The van der Waals surface area contributed by atoms with Crippen molar-refractivity contribution in [2.45, 2.75) is 4.90 Å². The van der Waals surface area contributed by atoms with Gasteiger partial charge in [0.2, 0.25) is 0 Å². The van der Waals surface area contributed by atoms with Crippen molar-refractivity contribution in [2.75, 3.05) is 13.7 Å². The van der Waals surface area contributed by atoms with Gasteiger partial charge in [0.1, 0.15) is 33.8 Å². The van der Waals surface area contributed by atoms with E-state index in [1.54, 1.807) is 24.3 Å². The molecule has 2 heterocycles. The first-order chi connectivity index (χ1) is 17.6. The van der Waals surface area contributed by atoms with E-state index >= 15 is 0 Å². The SMILES string of the molecule is COC(=O)COc1ccc([S+]([O-])n2c(-c3ccccc3)c(-c3ccsc3C#N)c3ccccc32)cc1. The van der Waals surface area contributed by atoms with Crippen LogP contribution in [0.5, 0.6) is 5.75 Å². The quantitative estimate of drug-likeness (QED) is 0.196. The third-order valence-corrected chi connectivity index (χ3v) is 7.90. The van der Waals surface area contributed by atoms with Crippen molar-refractivity contribution in [3.05, 3.63) is 95.2 Å². The Hall–Kier alpha value is -4.03. The lowest BCUT2D eigenvalue weighted by molar-refractivity contribution is -0.142. The lowest BCUT2D eigenvalue weighted by Crippen LogP contribution is -2.15. The number of fused-ring (bicyclic) bond motifs is 1. The summed E-state index contributed by atoms with van der Waals surface area (Å²) < 4.78 is 26.0. The standard InChI is InChI=1S/C28H20N2O4S2/c1-33-26(31)18-34-20-11-13-21(14-12-20)36(32)30-24-10-6-5-9-22(24)27(23-15-16-35-25(23)17-29)28(30)19-7-3-2-4-8-19/h2-16H,18H2,1H3. The Bertz CT molecular complexity index is 1570. The maximum Gasteiger partial charge on any atom is 0.343 e. The van der Waals surface area contributed by atoms with Crippen LogP contribution in [0.25, 0.3) is 33.3 Å². The predicted octanol–water partition coefficient (Wildman–Crippen LogP) is 6.03. The van der Waals surface area contributed by atoms with Crippen LogP contribution in [0.2, 0.25) is 0 Å². The average molecular weight is 513 g/mol. The number of ether oxygens (including phenoxy) is 2. The second-order valence-corrected chi connectivity index (χ2v) is 10.0. The van der Waals surface area contributed by atoms with Gasteiger partial charge in [-0.25, -0.2) is 4.79 Å². The summed E-state index contributed by atoms with van der Waals surface area (Å²) in [5.41, 5.74) is 4.16. The zero-order valence-electron chi connectivity index (χ0n) is 19.2. The fourth-order valence-electron chi connectivity index (χ4n) is 4.07. The minimum absolute atomic E-state index is 0.204. The highest BCUT2D eigenvalue weighted by molar-refractivity contribution is 7.90. The van der Waals surface area contributed by atoms with Crippen molar-refractivity contribution in [1.29, 1.82) is 5.26 Å². The maximum absolute atomic E-state index is 14.1. The first kappa shape index (κ1) is 23.7. The summed E-state index contributed by atoms with van der Waals surface area (Å²) in [6.45, 7) is -0.204. The summed E-state index contributed by atoms with van der Waals surface area (Å²) in [5, 5.41) is 12.6. The highest BCUT2D eigenvalue weighted by Crippen LogP contribution is 2.44. The molecule has 5 rings (SSSR count). The van der Waals surface area contributed by atoms with Gasteiger partial charge in [-0.05, 0) is 41.8 Å². The van der Waals surface area contributed by atoms with E-state index in [2.05, 4.69) is 10.8 Å². The Kier molecular flexibility index (Phi) is 6.78. The van der Waals surface area contributed by atoms with Crippen LogP contribution in [0.4, 0.5) is 0 Å². The molecule has 8 heteroatoms. The molecule has 0 bridgehead atoms. The van der Waals surface area contributed by atoms with Gasteiger partial charge in [-0.2, -0.15) is 9.23 Å². The second-order valence-electron chi connectivity index (χ2n) is 7.76. The van der Waals surface area contributed by atoms with E-state index in [9.17, 15) is 14.6 Å². The Morgan fingerprint density at radius 1 is 1.03 bits per heavy atom. The number of esters is 1. The molecule has 0 fully saturated rings. The molecule has 0 aliphatic rings. The summed E-state index contributed by atoms with van der Waals surface area (Å²) in [6.07, 6.45) is 0. The predicted molar refractivity (Wildman–Crippen MR) is 141 cm³/mol. The number of aromatic nitrogens is 1. The number of thiophene rings is 1. The molecular weight excluding hydrogens is 492 g/mol. The van der Waals surface area contributed by atoms with E-state index in [-0.39, 0.29) is 6.61 Å². The molecule has 5 aromatic rings. The molecule has 0 saturated heterocycles. The normalized spacial score (nSPS) is 11.7. The number of para-hydroxylation sites is 1. The monoisotopic (exact) mass is 512 g/mol. The van der Waals surface area contributed by atoms with Gasteiger partial charge in [0.15, 0.2) is 11.5 Å². The van der Waals surface area contributed by atoms with Crippen LogP contribution >= 0.6 is 11.3 Å². The molecule has 1 atom stereocenters. The second kappa shape index (κ2) is 10.3. The van der Waals surface area contributed by atoms with Crippen LogP contribution < -0.4 is 4.74 Å². The van der Waals surface area contributed by atoms with Crippen LogP contribution in [0.3, 0.4) is 0 Å². The van der Waals surface area contributed by atoms with Crippen molar-refractivity contribution in [1.82, 2.24) is 3.97 Å². The number of nitriles is 1. The number of carbonyl (C=O) groups excluding carboxylic acids is 1. The molecule has 178 valence electrons. The van der Waals surface area contributed by atoms with Gasteiger partial charge in [0.25, 0.3) is 0 Å². The van der Waals surface area contributed by atoms with E-state index in [1.165, 1.54) is 18.4 Å². The third-order valence-electron chi connectivity index (χ3n) is 5.69. The molecule has 2 aromatic heterocycles. The minimum atomic E-state index is -1.62. The molecule has 1 unspecified atom stereocenters. The van der Waals surface area contributed by atoms with Crippen molar-refractivity contribution in [3.8, 4) is 34.2 Å².